The highest BCUT2D eigenvalue weighted by Gasteiger charge is 2.05. The summed E-state index contributed by atoms with van der Waals surface area (Å²) in [6.45, 7) is 7.87. The van der Waals surface area contributed by atoms with Crippen molar-refractivity contribution in [2.45, 2.75) is 52.9 Å². The standard InChI is InChI=1S/C16H27N/c1-4-7-8-15(6-3)13-17-16-11-9-14(5-2)10-12-16/h9-12,15,17H,4-8,13H2,1-3H3. The molecule has 96 valence electrons. The van der Waals surface area contributed by atoms with Crippen molar-refractivity contribution in [3.63, 3.8) is 0 Å². The van der Waals surface area contributed by atoms with Crippen molar-refractivity contribution in [1.29, 1.82) is 0 Å². The Bertz CT molecular complexity index is 289. The van der Waals surface area contributed by atoms with Gasteiger partial charge in [0.15, 0.2) is 0 Å². The monoisotopic (exact) mass is 233 g/mol. The zero-order valence-corrected chi connectivity index (χ0v) is 11.6. The summed E-state index contributed by atoms with van der Waals surface area (Å²) in [7, 11) is 0. The van der Waals surface area contributed by atoms with Gasteiger partial charge in [-0.3, -0.25) is 0 Å². The average molecular weight is 233 g/mol. The summed E-state index contributed by atoms with van der Waals surface area (Å²) in [4.78, 5) is 0. The van der Waals surface area contributed by atoms with E-state index >= 15 is 0 Å². The van der Waals surface area contributed by atoms with E-state index in [-0.39, 0.29) is 0 Å². The van der Waals surface area contributed by atoms with Crippen molar-refractivity contribution in [1.82, 2.24) is 0 Å². The van der Waals surface area contributed by atoms with Crippen LogP contribution in [-0.4, -0.2) is 6.54 Å². The van der Waals surface area contributed by atoms with E-state index in [1.165, 1.54) is 36.9 Å². The third-order valence-electron chi connectivity index (χ3n) is 3.50. The predicted octanol–water partition coefficient (Wildman–Crippen LogP) is 4.88. The molecule has 0 aromatic heterocycles. The number of unbranched alkanes of at least 4 members (excludes halogenated alkanes) is 1. The maximum absolute atomic E-state index is 3.56. The van der Waals surface area contributed by atoms with E-state index in [4.69, 9.17) is 0 Å². The largest absolute Gasteiger partial charge is 0.385 e. The lowest BCUT2D eigenvalue weighted by atomic mass is 9.99. The van der Waals surface area contributed by atoms with Gasteiger partial charge in [0.2, 0.25) is 0 Å². The third kappa shape index (κ3) is 5.25. The van der Waals surface area contributed by atoms with Crippen molar-refractivity contribution in [3.8, 4) is 0 Å². The summed E-state index contributed by atoms with van der Waals surface area (Å²) in [5, 5.41) is 3.56. The van der Waals surface area contributed by atoms with Gasteiger partial charge in [0.25, 0.3) is 0 Å². The van der Waals surface area contributed by atoms with Crippen molar-refractivity contribution >= 4 is 5.69 Å². The van der Waals surface area contributed by atoms with Gasteiger partial charge in [-0.15, -0.1) is 0 Å². The average Bonchev–Trinajstić information content (AvgIpc) is 2.39. The SMILES string of the molecule is CCCCC(CC)CNc1ccc(CC)cc1. The summed E-state index contributed by atoms with van der Waals surface area (Å²) in [5.41, 5.74) is 2.67. The third-order valence-corrected chi connectivity index (χ3v) is 3.50. The molecule has 0 aliphatic heterocycles. The number of rotatable bonds is 8. The van der Waals surface area contributed by atoms with Gasteiger partial charge in [0.1, 0.15) is 0 Å². The van der Waals surface area contributed by atoms with Crippen LogP contribution in [0.2, 0.25) is 0 Å². The van der Waals surface area contributed by atoms with Crippen molar-refractivity contribution in [3.05, 3.63) is 29.8 Å². The van der Waals surface area contributed by atoms with Crippen LogP contribution in [0, 0.1) is 5.92 Å². The lowest BCUT2D eigenvalue weighted by Gasteiger charge is -2.16. The topological polar surface area (TPSA) is 12.0 Å². The van der Waals surface area contributed by atoms with E-state index in [1.54, 1.807) is 0 Å². The van der Waals surface area contributed by atoms with Gasteiger partial charge >= 0.3 is 0 Å². The van der Waals surface area contributed by atoms with Crippen LogP contribution in [0.25, 0.3) is 0 Å². The minimum Gasteiger partial charge on any atom is -0.385 e. The fourth-order valence-electron chi connectivity index (χ4n) is 2.06. The maximum atomic E-state index is 3.56. The number of hydrogen-bond donors (Lipinski definition) is 1. The van der Waals surface area contributed by atoms with Gasteiger partial charge in [-0.2, -0.15) is 0 Å². The Hall–Kier alpha value is -0.980. The first-order valence-electron chi connectivity index (χ1n) is 7.12. The number of hydrogen-bond acceptors (Lipinski definition) is 1. The van der Waals surface area contributed by atoms with Gasteiger partial charge < -0.3 is 5.32 Å². The van der Waals surface area contributed by atoms with Gasteiger partial charge in [-0.05, 0) is 36.5 Å². The molecular weight excluding hydrogens is 206 g/mol. The fourth-order valence-corrected chi connectivity index (χ4v) is 2.06. The molecule has 1 aromatic rings. The smallest absolute Gasteiger partial charge is 0.0340 e. The number of aryl methyl sites for hydroxylation is 1. The van der Waals surface area contributed by atoms with Gasteiger partial charge in [0, 0.05) is 12.2 Å². The highest BCUT2D eigenvalue weighted by Crippen LogP contribution is 2.15. The Labute approximate surface area is 107 Å². The van der Waals surface area contributed by atoms with Crippen molar-refractivity contribution < 1.29 is 0 Å². The lowest BCUT2D eigenvalue weighted by molar-refractivity contribution is 0.473. The first-order chi connectivity index (χ1) is 8.30. The van der Waals surface area contributed by atoms with Crippen molar-refractivity contribution in [2.75, 3.05) is 11.9 Å². The Morgan fingerprint density at radius 1 is 1.06 bits per heavy atom. The highest BCUT2D eigenvalue weighted by atomic mass is 14.9. The van der Waals surface area contributed by atoms with E-state index < -0.39 is 0 Å². The second-order valence-corrected chi connectivity index (χ2v) is 4.85. The van der Waals surface area contributed by atoms with Gasteiger partial charge in [-0.25, -0.2) is 0 Å². The fraction of sp³-hybridized carbons (Fsp3) is 0.625. The Balaban J connectivity index is 2.36. The van der Waals surface area contributed by atoms with Crippen molar-refractivity contribution in [2.24, 2.45) is 5.92 Å². The molecule has 0 aliphatic carbocycles. The zero-order chi connectivity index (χ0) is 12.5. The summed E-state index contributed by atoms with van der Waals surface area (Å²) < 4.78 is 0. The predicted molar refractivity (Wildman–Crippen MR) is 77.6 cm³/mol. The quantitative estimate of drug-likeness (QED) is 0.675. The molecule has 1 atom stereocenters. The number of nitrogens with one attached hydrogen (secondary N) is 1. The Morgan fingerprint density at radius 3 is 2.29 bits per heavy atom. The first-order valence-corrected chi connectivity index (χ1v) is 7.12. The summed E-state index contributed by atoms with van der Waals surface area (Å²) in [5.74, 6) is 0.820. The highest BCUT2D eigenvalue weighted by molar-refractivity contribution is 5.44. The molecular formula is C16H27N. The summed E-state index contributed by atoms with van der Waals surface area (Å²) in [6, 6.07) is 8.83. The van der Waals surface area contributed by atoms with Gasteiger partial charge in [-0.1, -0.05) is 52.2 Å². The Kier molecular flexibility index (Phi) is 6.76. The molecule has 0 heterocycles. The van der Waals surface area contributed by atoms with Crippen LogP contribution in [0.1, 0.15) is 52.0 Å². The van der Waals surface area contributed by atoms with Crippen LogP contribution in [0.4, 0.5) is 5.69 Å². The molecule has 1 nitrogen and oxygen atoms in total. The first kappa shape index (κ1) is 14.1. The molecule has 1 heteroatoms. The summed E-state index contributed by atoms with van der Waals surface area (Å²) in [6.07, 6.45) is 6.41. The molecule has 0 saturated carbocycles. The van der Waals surface area contributed by atoms with E-state index in [9.17, 15) is 0 Å². The molecule has 0 bridgehead atoms. The maximum Gasteiger partial charge on any atom is 0.0340 e. The minimum absolute atomic E-state index is 0.820. The van der Waals surface area contributed by atoms with E-state index in [1.807, 2.05) is 0 Å². The molecule has 0 amide bonds. The molecule has 0 radical (unpaired) electrons. The van der Waals surface area contributed by atoms with E-state index in [2.05, 4.69) is 50.4 Å². The molecule has 0 spiro atoms. The molecule has 0 fully saturated rings. The molecule has 17 heavy (non-hydrogen) atoms. The lowest BCUT2D eigenvalue weighted by Crippen LogP contribution is -2.13. The van der Waals surface area contributed by atoms with Crippen LogP contribution in [-0.2, 0) is 6.42 Å². The molecule has 1 unspecified atom stereocenters. The Morgan fingerprint density at radius 2 is 1.76 bits per heavy atom. The van der Waals surface area contributed by atoms with E-state index in [0.717, 1.165) is 18.9 Å². The normalized spacial score (nSPS) is 12.4. The summed E-state index contributed by atoms with van der Waals surface area (Å²) >= 11 is 0. The second-order valence-electron chi connectivity index (χ2n) is 4.85. The van der Waals surface area contributed by atoms with Gasteiger partial charge in [0.05, 0.1) is 0 Å². The number of benzene rings is 1. The zero-order valence-electron chi connectivity index (χ0n) is 11.6. The van der Waals surface area contributed by atoms with Crippen LogP contribution >= 0.6 is 0 Å². The van der Waals surface area contributed by atoms with Crippen LogP contribution < -0.4 is 5.32 Å². The van der Waals surface area contributed by atoms with Crippen LogP contribution in [0.3, 0.4) is 0 Å². The van der Waals surface area contributed by atoms with E-state index in [0.29, 0.717) is 0 Å². The molecule has 1 rings (SSSR count). The minimum atomic E-state index is 0.820. The number of anilines is 1. The van der Waals surface area contributed by atoms with Crippen LogP contribution in [0.15, 0.2) is 24.3 Å². The molecule has 0 saturated heterocycles. The molecule has 0 aliphatic rings. The van der Waals surface area contributed by atoms with Crippen LogP contribution in [0.5, 0.6) is 0 Å². The molecule has 1 N–H and O–H groups in total. The molecule has 1 aromatic carbocycles. The second kappa shape index (κ2) is 8.16.